The first kappa shape index (κ1) is 19.0. The van der Waals surface area contributed by atoms with Gasteiger partial charge in [-0.1, -0.05) is 12.1 Å². The lowest BCUT2D eigenvalue weighted by molar-refractivity contribution is -0.384. The van der Waals surface area contributed by atoms with Gasteiger partial charge in [0.15, 0.2) is 0 Å². The molecular weight excluding hydrogens is 365 g/mol. The minimum Gasteiger partial charge on any atom is -0.383 e. The Morgan fingerprint density at radius 2 is 1.96 bits per heavy atom. The van der Waals surface area contributed by atoms with Crippen LogP contribution in [-0.4, -0.2) is 27.4 Å². The summed E-state index contributed by atoms with van der Waals surface area (Å²) in [7, 11) is 3.34. The van der Waals surface area contributed by atoms with Crippen molar-refractivity contribution in [3.8, 4) is 0 Å². The molecule has 0 bridgehead atoms. The van der Waals surface area contributed by atoms with Crippen molar-refractivity contribution in [2.45, 2.75) is 6.04 Å². The number of nitro groups is 1. The SMILES string of the molecule is CNc1ccc(C(=O)N[C@H](c2ccc(F)cc2)c2nccn2C)cc1[N+](=O)[O-]. The molecule has 144 valence electrons. The van der Waals surface area contributed by atoms with E-state index in [9.17, 15) is 19.3 Å². The highest BCUT2D eigenvalue weighted by molar-refractivity contribution is 5.96. The van der Waals surface area contributed by atoms with E-state index in [1.807, 2.05) is 0 Å². The van der Waals surface area contributed by atoms with E-state index in [4.69, 9.17) is 0 Å². The van der Waals surface area contributed by atoms with Gasteiger partial charge in [-0.2, -0.15) is 0 Å². The molecule has 0 saturated carbocycles. The Balaban J connectivity index is 1.96. The van der Waals surface area contributed by atoms with Crippen molar-refractivity contribution in [2.24, 2.45) is 7.05 Å². The Morgan fingerprint density at radius 3 is 2.54 bits per heavy atom. The number of hydrogen-bond donors (Lipinski definition) is 2. The third-order valence-electron chi connectivity index (χ3n) is 4.32. The van der Waals surface area contributed by atoms with Crippen molar-refractivity contribution < 1.29 is 14.1 Å². The Morgan fingerprint density at radius 1 is 1.25 bits per heavy atom. The largest absolute Gasteiger partial charge is 0.383 e. The molecule has 1 aromatic heterocycles. The zero-order valence-corrected chi connectivity index (χ0v) is 15.2. The van der Waals surface area contributed by atoms with E-state index in [0.29, 0.717) is 17.1 Å². The summed E-state index contributed by atoms with van der Waals surface area (Å²) in [5.74, 6) is -0.365. The summed E-state index contributed by atoms with van der Waals surface area (Å²) in [6, 6.07) is 9.23. The van der Waals surface area contributed by atoms with Crippen LogP contribution in [0.25, 0.3) is 0 Å². The Bertz CT molecular complexity index is 1020. The van der Waals surface area contributed by atoms with Crippen LogP contribution in [0.1, 0.15) is 27.8 Å². The fourth-order valence-electron chi connectivity index (χ4n) is 2.86. The number of benzene rings is 2. The number of amides is 1. The first-order valence-electron chi connectivity index (χ1n) is 8.40. The molecule has 0 saturated heterocycles. The monoisotopic (exact) mass is 383 g/mol. The van der Waals surface area contributed by atoms with E-state index in [0.717, 1.165) is 0 Å². The number of hydrogen-bond acceptors (Lipinski definition) is 5. The van der Waals surface area contributed by atoms with Crippen LogP contribution in [0.15, 0.2) is 54.9 Å². The number of carbonyl (C=O) groups excluding carboxylic acids is 1. The summed E-state index contributed by atoms with van der Waals surface area (Å²) in [4.78, 5) is 27.8. The molecule has 0 spiro atoms. The highest BCUT2D eigenvalue weighted by Crippen LogP contribution is 2.26. The number of rotatable bonds is 6. The molecule has 1 heterocycles. The fourth-order valence-corrected chi connectivity index (χ4v) is 2.86. The molecule has 8 nitrogen and oxygen atoms in total. The highest BCUT2D eigenvalue weighted by atomic mass is 19.1. The summed E-state index contributed by atoms with van der Waals surface area (Å²) in [5, 5.41) is 16.8. The number of imidazole rings is 1. The number of anilines is 1. The average Bonchev–Trinajstić information content (AvgIpc) is 3.11. The van der Waals surface area contributed by atoms with Crippen molar-refractivity contribution in [1.82, 2.24) is 14.9 Å². The lowest BCUT2D eigenvalue weighted by Crippen LogP contribution is -2.31. The Kier molecular flexibility index (Phi) is 5.35. The number of nitrogens with one attached hydrogen (secondary N) is 2. The number of nitro benzene ring substituents is 1. The molecule has 3 aromatic rings. The Hall–Kier alpha value is -3.75. The van der Waals surface area contributed by atoms with Crippen molar-refractivity contribution in [3.05, 3.63) is 87.7 Å². The molecule has 0 aliphatic rings. The van der Waals surface area contributed by atoms with Gasteiger partial charge in [-0.3, -0.25) is 14.9 Å². The molecular formula is C19H18FN5O3. The number of halogens is 1. The van der Waals surface area contributed by atoms with E-state index < -0.39 is 22.7 Å². The zero-order valence-electron chi connectivity index (χ0n) is 15.2. The average molecular weight is 383 g/mol. The predicted octanol–water partition coefficient (Wildman–Crippen LogP) is 3.03. The van der Waals surface area contributed by atoms with Gasteiger partial charge in [0.2, 0.25) is 0 Å². The molecule has 3 rings (SSSR count). The van der Waals surface area contributed by atoms with Crippen LogP contribution in [0, 0.1) is 15.9 Å². The van der Waals surface area contributed by atoms with Crippen molar-refractivity contribution in [1.29, 1.82) is 0 Å². The Labute approximate surface area is 160 Å². The van der Waals surface area contributed by atoms with E-state index in [-0.39, 0.29) is 11.3 Å². The lowest BCUT2D eigenvalue weighted by atomic mass is 10.0. The summed E-state index contributed by atoms with van der Waals surface area (Å²) in [5.41, 5.74) is 0.864. The lowest BCUT2D eigenvalue weighted by Gasteiger charge is -2.19. The molecule has 0 aliphatic heterocycles. The minimum absolute atomic E-state index is 0.132. The number of carbonyl (C=O) groups is 1. The highest BCUT2D eigenvalue weighted by Gasteiger charge is 2.23. The van der Waals surface area contributed by atoms with E-state index in [1.54, 1.807) is 43.2 Å². The van der Waals surface area contributed by atoms with Gasteiger partial charge in [-0.15, -0.1) is 0 Å². The van der Waals surface area contributed by atoms with E-state index >= 15 is 0 Å². The van der Waals surface area contributed by atoms with Crippen LogP contribution in [0.5, 0.6) is 0 Å². The maximum absolute atomic E-state index is 13.3. The van der Waals surface area contributed by atoms with Gasteiger partial charge in [0, 0.05) is 38.1 Å². The van der Waals surface area contributed by atoms with Gasteiger partial charge >= 0.3 is 0 Å². The minimum atomic E-state index is -0.656. The third kappa shape index (κ3) is 3.83. The van der Waals surface area contributed by atoms with E-state index in [1.165, 1.54) is 30.3 Å². The van der Waals surface area contributed by atoms with Crippen LogP contribution >= 0.6 is 0 Å². The second-order valence-electron chi connectivity index (χ2n) is 6.09. The first-order chi connectivity index (χ1) is 13.4. The van der Waals surface area contributed by atoms with Crippen molar-refractivity contribution >= 4 is 17.3 Å². The molecule has 28 heavy (non-hydrogen) atoms. The molecule has 0 radical (unpaired) electrons. The molecule has 1 amide bonds. The second kappa shape index (κ2) is 7.87. The maximum Gasteiger partial charge on any atom is 0.293 e. The molecule has 1 atom stereocenters. The number of aryl methyl sites for hydroxylation is 1. The van der Waals surface area contributed by atoms with Gasteiger partial charge in [-0.25, -0.2) is 9.37 Å². The predicted molar refractivity (Wildman–Crippen MR) is 102 cm³/mol. The molecule has 2 aromatic carbocycles. The number of nitrogens with zero attached hydrogens (tertiary/aromatic N) is 3. The van der Waals surface area contributed by atoms with Gasteiger partial charge in [0.25, 0.3) is 11.6 Å². The van der Waals surface area contributed by atoms with Gasteiger partial charge in [-0.05, 0) is 29.8 Å². The molecule has 0 fully saturated rings. The summed E-state index contributed by atoms with van der Waals surface area (Å²) < 4.78 is 15.0. The maximum atomic E-state index is 13.3. The fraction of sp³-hybridized carbons (Fsp3) is 0.158. The zero-order chi connectivity index (χ0) is 20.3. The first-order valence-corrected chi connectivity index (χ1v) is 8.40. The smallest absolute Gasteiger partial charge is 0.293 e. The molecule has 9 heteroatoms. The topological polar surface area (TPSA) is 102 Å². The van der Waals surface area contributed by atoms with Crippen molar-refractivity contribution in [3.63, 3.8) is 0 Å². The van der Waals surface area contributed by atoms with Gasteiger partial charge < -0.3 is 15.2 Å². The quantitative estimate of drug-likeness (QED) is 0.503. The molecule has 2 N–H and O–H groups in total. The van der Waals surface area contributed by atoms with Gasteiger partial charge in [0.1, 0.15) is 23.4 Å². The van der Waals surface area contributed by atoms with E-state index in [2.05, 4.69) is 15.6 Å². The normalized spacial score (nSPS) is 11.7. The summed E-state index contributed by atoms with van der Waals surface area (Å²) >= 11 is 0. The molecule has 0 aliphatic carbocycles. The van der Waals surface area contributed by atoms with Crippen LogP contribution in [0.3, 0.4) is 0 Å². The second-order valence-corrected chi connectivity index (χ2v) is 6.09. The summed E-state index contributed by atoms with van der Waals surface area (Å²) in [6.45, 7) is 0. The van der Waals surface area contributed by atoms with Gasteiger partial charge in [0.05, 0.1) is 4.92 Å². The van der Waals surface area contributed by atoms with Crippen LogP contribution in [0.4, 0.5) is 15.8 Å². The summed E-state index contributed by atoms with van der Waals surface area (Å²) in [6.07, 6.45) is 3.31. The van der Waals surface area contributed by atoms with Crippen LogP contribution in [-0.2, 0) is 7.05 Å². The molecule has 0 unspecified atom stereocenters. The third-order valence-corrected chi connectivity index (χ3v) is 4.32. The van der Waals surface area contributed by atoms with Crippen LogP contribution in [0.2, 0.25) is 0 Å². The van der Waals surface area contributed by atoms with Crippen molar-refractivity contribution in [2.75, 3.05) is 12.4 Å². The number of aromatic nitrogens is 2. The standard InChI is InChI=1S/C19H18FN5O3/c1-21-15-8-5-13(11-16(15)25(27)28)19(26)23-17(18-22-9-10-24(18)2)12-3-6-14(20)7-4-12/h3-11,17,21H,1-2H3,(H,23,26)/t17-/m1/s1. The van der Waals surface area contributed by atoms with Crippen LogP contribution < -0.4 is 10.6 Å².